The quantitative estimate of drug-likeness (QED) is 0.678. The van der Waals surface area contributed by atoms with Crippen LogP contribution in [0.5, 0.6) is 0 Å². The molecule has 0 aromatic rings. The molecule has 82 valence electrons. The maximum absolute atomic E-state index is 11.3. The van der Waals surface area contributed by atoms with Gasteiger partial charge in [-0.25, -0.2) is 4.79 Å². The number of hydrogen-bond donors (Lipinski definition) is 1. The smallest absolute Gasteiger partial charge is 0.409 e. The zero-order valence-electron chi connectivity index (χ0n) is 8.87. The summed E-state index contributed by atoms with van der Waals surface area (Å²) in [4.78, 5) is 13.1. The number of carbonyl (C=O) groups excluding carboxylic acids is 1. The zero-order chi connectivity index (χ0) is 10.4. The summed E-state index contributed by atoms with van der Waals surface area (Å²) < 4.78 is 5.03. The summed E-state index contributed by atoms with van der Waals surface area (Å²) >= 11 is 0. The molecule has 1 amide bonds. The molecule has 0 bridgehead atoms. The monoisotopic (exact) mass is 200 g/mol. The van der Waals surface area contributed by atoms with E-state index < -0.39 is 0 Å². The van der Waals surface area contributed by atoms with Gasteiger partial charge < -0.3 is 15.4 Å². The molecular weight excluding hydrogens is 180 g/mol. The molecule has 2 N–H and O–H groups in total. The maximum Gasteiger partial charge on any atom is 0.409 e. The molecule has 1 saturated heterocycles. The van der Waals surface area contributed by atoms with Crippen molar-refractivity contribution >= 4 is 6.09 Å². The molecule has 0 aromatic carbocycles. The fourth-order valence-corrected chi connectivity index (χ4v) is 1.60. The van der Waals surface area contributed by atoms with Gasteiger partial charge in [-0.05, 0) is 6.42 Å². The molecular formula is C10H20N2O2. The lowest BCUT2D eigenvalue weighted by atomic mass is 10.1. The highest BCUT2D eigenvalue weighted by Gasteiger charge is 2.25. The number of nitrogens with zero attached hydrogens (tertiary/aromatic N) is 1. The van der Waals surface area contributed by atoms with Crippen molar-refractivity contribution in [2.45, 2.75) is 26.2 Å². The Morgan fingerprint density at radius 3 is 3.00 bits per heavy atom. The highest BCUT2D eigenvalue weighted by Crippen LogP contribution is 2.11. The number of hydrogen-bond acceptors (Lipinski definition) is 3. The molecule has 0 aliphatic carbocycles. The Morgan fingerprint density at radius 2 is 2.36 bits per heavy atom. The minimum Gasteiger partial charge on any atom is -0.449 e. The third-order valence-electron chi connectivity index (χ3n) is 2.54. The van der Waals surface area contributed by atoms with Crippen LogP contribution in [0.1, 0.15) is 26.2 Å². The van der Waals surface area contributed by atoms with Crippen molar-refractivity contribution in [2.75, 3.05) is 26.2 Å². The predicted octanol–water partition coefficient (Wildman–Crippen LogP) is 1.20. The summed E-state index contributed by atoms with van der Waals surface area (Å²) in [6.45, 7) is 4.80. The molecule has 0 aromatic heterocycles. The number of nitrogens with two attached hydrogens (primary N) is 1. The van der Waals surface area contributed by atoms with Gasteiger partial charge in [-0.3, -0.25) is 0 Å². The van der Waals surface area contributed by atoms with Gasteiger partial charge >= 0.3 is 6.09 Å². The molecule has 0 radical (unpaired) electrons. The van der Waals surface area contributed by atoms with E-state index in [0.29, 0.717) is 19.1 Å². The summed E-state index contributed by atoms with van der Waals surface area (Å²) in [5.74, 6) is 0.314. The van der Waals surface area contributed by atoms with Gasteiger partial charge in [0, 0.05) is 25.6 Å². The summed E-state index contributed by atoms with van der Waals surface area (Å²) in [6, 6.07) is 0. The van der Waals surface area contributed by atoms with Crippen LogP contribution in [-0.4, -0.2) is 37.2 Å². The van der Waals surface area contributed by atoms with Crippen LogP contribution in [0.15, 0.2) is 0 Å². The second kappa shape index (κ2) is 5.86. The Balaban J connectivity index is 2.29. The number of amides is 1. The fraction of sp³-hybridized carbons (Fsp3) is 0.900. The zero-order valence-corrected chi connectivity index (χ0v) is 8.87. The van der Waals surface area contributed by atoms with Crippen LogP contribution in [0.4, 0.5) is 4.79 Å². The van der Waals surface area contributed by atoms with Crippen LogP contribution < -0.4 is 5.73 Å². The van der Waals surface area contributed by atoms with Crippen molar-refractivity contribution in [3.63, 3.8) is 0 Å². The normalized spacial score (nSPS) is 22.3. The minimum atomic E-state index is -0.175. The first-order valence-corrected chi connectivity index (χ1v) is 5.39. The van der Waals surface area contributed by atoms with Gasteiger partial charge in [-0.15, -0.1) is 0 Å². The number of carbonyl (C=O) groups is 1. The molecule has 1 unspecified atom stereocenters. The summed E-state index contributed by atoms with van der Waals surface area (Å²) in [6.07, 6.45) is 3.22. The Morgan fingerprint density at radius 1 is 1.57 bits per heavy atom. The van der Waals surface area contributed by atoms with Gasteiger partial charge in [-0.2, -0.15) is 0 Å². The van der Waals surface area contributed by atoms with E-state index in [1.165, 1.54) is 6.42 Å². The predicted molar refractivity (Wildman–Crippen MR) is 55.0 cm³/mol. The van der Waals surface area contributed by atoms with E-state index >= 15 is 0 Å². The van der Waals surface area contributed by atoms with E-state index in [-0.39, 0.29) is 6.09 Å². The van der Waals surface area contributed by atoms with Crippen LogP contribution in [0, 0.1) is 5.92 Å². The second-order valence-electron chi connectivity index (χ2n) is 3.83. The van der Waals surface area contributed by atoms with E-state index in [9.17, 15) is 4.79 Å². The topological polar surface area (TPSA) is 55.6 Å². The van der Waals surface area contributed by atoms with Crippen molar-refractivity contribution in [1.29, 1.82) is 0 Å². The third kappa shape index (κ3) is 3.18. The van der Waals surface area contributed by atoms with E-state index in [1.807, 2.05) is 0 Å². The van der Waals surface area contributed by atoms with Crippen LogP contribution in [0.25, 0.3) is 0 Å². The molecule has 0 saturated carbocycles. The fourth-order valence-electron chi connectivity index (χ4n) is 1.60. The molecule has 1 rings (SSSR count). The average molecular weight is 200 g/mol. The Labute approximate surface area is 85.4 Å². The summed E-state index contributed by atoms with van der Waals surface area (Å²) in [5, 5.41) is 0. The number of cyclic esters (lactones) is 1. The molecule has 4 nitrogen and oxygen atoms in total. The first-order chi connectivity index (χ1) is 6.77. The lowest BCUT2D eigenvalue weighted by molar-refractivity contribution is 0.0449. The van der Waals surface area contributed by atoms with Gasteiger partial charge in [-0.1, -0.05) is 19.8 Å². The van der Waals surface area contributed by atoms with Gasteiger partial charge in [0.25, 0.3) is 0 Å². The SMILES string of the molecule is CCCCCN1CC(CN)COC1=O. The van der Waals surface area contributed by atoms with E-state index in [4.69, 9.17) is 10.5 Å². The van der Waals surface area contributed by atoms with E-state index in [1.54, 1.807) is 4.90 Å². The maximum atomic E-state index is 11.3. The standard InChI is InChI=1S/C10H20N2O2/c1-2-3-4-5-12-7-9(6-11)8-14-10(12)13/h9H,2-8,11H2,1H3. The van der Waals surface area contributed by atoms with Gasteiger partial charge in [0.1, 0.15) is 0 Å². The minimum absolute atomic E-state index is 0.175. The average Bonchev–Trinajstić information content (AvgIpc) is 2.21. The molecule has 0 spiro atoms. The number of rotatable bonds is 5. The van der Waals surface area contributed by atoms with Crippen LogP contribution in [0.3, 0.4) is 0 Å². The van der Waals surface area contributed by atoms with Crippen molar-refractivity contribution in [1.82, 2.24) is 4.90 Å². The van der Waals surface area contributed by atoms with Crippen molar-refractivity contribution in [2.24, 2.45) is 11.7 Å². The Kier molecular flexibility index (Phi) is 4.73. The van der Waals surface area contributed by atoms with Crippen molar-refractivity contribution in [3.8, 4) is 0 Å². The molecule has 1 heterocycles. The first-order valence-electron chi connectivity index (χ1n) is 5.39. The van der Waals surface area contributed by atoms with Gasteiger partial charge in [0.2, 0.25) is 0 Å². The first kappa shape index (κ1) is 11.3. The van der Waals surface area contributed by atoms with Crippen molar-refractivity contribution < 1.29 is 9.53 Å². The summed E-state index contributed by atoms with van der Waals surface area (Å²) in [7, 11) is 0. The van der Waals surface area contributed by atoms with Gasteiger partial charge in [0.15, 0.2) is 0 Å². The lowest BCUT2D eigenvalue weighted by Crippen LogP contribution is -2.45. The molecule has 1 atom stereocenters. The molecule has 4 heteroatoms. The van der Waals surface area contributed by atoms with Crippen LogP contribution in [-0.2, 0) is 4.74 Å². The van der Waals surface area contributed by atoms with E-state index in [0.717, 1.165) is 25.9 Å². The Hall–Kier alpha value is -0.770. The lowest BCUT2D eigenvalue weighted by Gasteiger charge is -2.31. The van der Waals surface area contributed by atoms with Gasteiger partial charge in [0.05, 0.1) is 6.61 Å². The second-order valence-corrected chi connectivity index (χ2v) is 3.83. The third-order valence-corrected chi connectivity index (χ3v) is 2.54. The van der Waals surface area contributed by atoms with Crippen molar-refractivity contribution in [3.05, 3.63) is 0 Å². The molecule has 14 heavy (non-hydrogen) atoms. The largest absolute Gasteiger partial charge is 0.449 e. The molecule has 1 aliphatic heterocycles. The number of unbranched alkanes of at least 4 members (excludes halogenated alkanes) is 2. The Bertz CT molecular complexity index is 185. The highest BCUT2D eigenvalue weighted by atomic mass is 16.6. The van der Waals surface area contributed by atoms with E-state index in [2.05, 4.69) is 6.92 Å². The molecule has 1 aliphatic rings. The molecule has 1 fully saturated rings. The van der Waals surface area contributed by atoms with Crippen LogP contribution >= 0.6 is 0 Å². The highest BCUT2D eigenvalue weighted by molar-refractivity contribution is 5.68. The number of ether oxygens (including phenoxy) is 1. The van der Waals surface area contributed by atoms with Crippen LogP contribution in [0.2, 0.25) is 0 Å². The summed E-state index contributed by atoms with van der Waals surface area (Å²) in [5.41, 5.74) is 5.55.